The summed E-state index contributed by atoms with van der Waals surface area (Å²) in [5.41, 5.74) is 9.59. The van der Waals surface area contributed by atoms with E-state index in [0.717, 1.165) is 0 Å². The second kappa shape index (κ2) is 11.7. The second-order valence-electron chi connectivity index (χ2n) is 8.32. The average molecular weight is 416 g/mol. The Bertz CT molecular complexity index is 594. The van der Waals surface area contributed by atoms with Gasteiger partial charge in [-0.2, -0.15) is 0 Å². The Labute approximate surface area is 172 Å². The van der Waals surface area contributed by atoms with Gasteiger partial charge in [-0.15, -0.1) is 0 Å². The van der Waals surface area contributed by atoms with Crippen LogP contribution in [0.25, 0.3) is 0 Å². The zero-order valence-corrected chi connectivity index (χ0v) is 18.2. The van der Waals surface area contributed by atoms with Gasteiger partial charge in [0, 0.05) is 6.54 Å². The fraction of sp³-hybridized carbons (Fsp3) is 0.789. The highest BCUT2D eigenvalue weighted by atomic mass is 16.4. The van der Waals surface area contributed by atoms with Gasteiger partial charge < -0.3 is 32.5 Å². The molecular formula is C19H37N5O5. The van der Waals surface area contributed by atoms with E-state index < -0.39 is 47.4 Å². The summed E-state index contributed by atoms with van der Waals surface area (Å²) in [6.45, 7) is 10.2. The Morgan fingerprint density at radius 3 is 2.00 bits per heavy atom. The minimum absolute atomic E-state index is 0.0568. The molecule has 0 saturated carbocycles. The summed E-state index contributed by atoms with van der Waals surface area (Å²) in [6, 6.07) is -2.97. The third kappa shape index (κ3) is 8.78. The van der Waals surface area contributed by atoms with Crippen molar-refractivity contribution in [3.05, 3.63) is 0 Å². The first-order chi connectivity index (χ1) is 13.3. The van der Waals surface area contributed by atoms with Gasteiger partial charge in [0.25, 0.3) is 0 Å². The maximum Gasteiger partial charge on any atom is 0.326 e. The van der Waals surface area contributed by atoms with Crippen LogP contribution in [-0.2, 0) is 19.2 Å². The topological polar surface area (TPSA) is 177 Å². The fourth-order valence-corrected chi connectivity index (χ4v) is 2.54. The van der Waals surface area contributed by atoms with Gasteiger partial charge in [0.2, 0.25) is 17.7 Å². The maximum atomic E-state index is 12.7. The van der Waals surface area contributed by atoms with Crippen LogP contribution >= 0.6 is 0 Å². The smallest absolute Gasteiger partial charge is 0.326 e. The lowest BCUT2D eigenvalue weighted by atomic mass is 9.96. The first-order valence-corrected chi connectivity index (χ1v) is 9.88. The van der Waals surface area contributed by atoms with Gasteiger partial charge in [0.05, 0.1) is 6.04 Å². The number of aliphatic carboxylic acids is 1. The minimum Gasteiger partial charge on any atom is -0.480 e. The van der Waals surface area contributed by atoms with E-state index in [0.29, 0.717) is 12.8 Å². The van der Waals surface area contributed by atoms with Crippen LogP contribution in [0.5, 0.6) is 0 Å². The zero-order valence-electron chi connectivity index (χ0n) is 18.2. The van der Waals surface area contributed by atoms with E-state index in [-0.39, 0.29) is 18.4 Å². The Morgan fingerprint density at radius 1 is 1.03 bits per heavy atom. The predicted molar refractivity (Wildman–Crippen MR) is 110 cm³/mol. The van der Waals surface area contributed by atoms with Gasteiger partial charge in [0.15, 0.2) is 0 Å². The van der Waals surface area contributed by atoms with E-state index in [4.69, 9.17) is 11.5 Å². The molecule has 0 heterocycles. The van der Waals surface area contributed by atoms with Crippen molar-refractivity contribution in [1.29, 1.82) is 0 Å². The van der Waals surface area contributed by atoms with Crippen molar-refractivity contribution < 1.29 is 24.3 Å². The Balaban J connectivity index is 5.36. The summed E-state index contributed by atoms with van der Waals surface area (Å²) in [7, 11) is 0. The SMILES string of the molecule is CC[C@H](C)[C@H](NC(=O)[C@H](CC(C)C)NC(=O)C(C)(C)NC(=O)[C@@H](N)CN)C(=O)O. The summed E-state index contributed by atoms with van der Waals surface area (Å²) in [4.78, 5) is 48.9. The molecule has 4 atom stereocenters. The van der Waals surface area contributed by atoms with Crippen molar-refractivity contribution in [2.24, 2.45) is 23.3 Å². The molecule has 0 rings (SSSR count). The third-order valence-corrected chi connectivity index (χ3v) is 4.70. The number of nitrogens with one attached hydrogen (secondary N) is 3. The molecule has 29 heavy (non-hydrogen) atoms. The predicted octanol–water partition coefficient (Wildman–Crippen LogP) is -0.686. The maximum absolute atomic E-state index is 12.7. The molecule has 8 N–H and O–H groups in total. The molecule has 0 aliphatic rings. The van der Waals surface area contributed by atoms with Crippen molar-refractivity contribution in [2.75, 3.05) is 6.54 Å². The molecular weight excluding hydrogens is 378 g/mol. The number of hydrogen-bond acceptors (Lipinski definition) is 6. The highest BCUT2D eigenvalue weighted by molar-refractivity contribution is 5.96. The molecule has 0 bridgehead atoms. The number of carboxylic acids is 1. The third-order valence-electron chi connectivity index (χ3n) is 4.70. The summed E-state index contributed by atoms with van der Waals surface area (Å²) in [5.74, 6) is -3.11. The van der Waals surface area contributed by atoms with Crippen molar-refractivity contribution in [1.82, 2.24) is 16.0 Å². The largest absolute Gasteiger partial charge is 0.480 e. The van der Waals surface area contributed by atoms with E-state index in [1.807, 2.05) is 20.8 Å². The molecule has 0 aromatic carbocycles. The highest BCUT2D eigenvalue weighted by Crippen LogP contribution is 2.12. The lowest BCUT2D eigenvalue weighted by Gasteiger charge is -2.30. The standard InChI is InChI=1S/C19H37N5O5/c1-7-11(4)14(17(27)28)23-16(26)13(8-10(2)3)22-18(29)19(5,6)24-15(25)12(21)9-20/h10-14H,7-9,20-21H2,1-6H3,(H,22,29)(H,23,26)(H,24,25)(H,27,28)/t11-,12-,13-,14-/m0/s1. The summed E-state index contributed by atoms with van der Waals surface area (Å²) >= 11 is 0. The van der Waals surface area contributed by atoms with Crippen molar-refractivity contribution >= 4 is 23.7 Å². The number of carbonyl (C=O) groups excluding carboxylic acids is 3. The normalized spacial score (nSPS) is 15.8. The quantitative estimate of drug-likeness (QED) is 0.244. The average Bonchev–Trinajstić information content (AvgIpc) is 2.62. The molecule has 0 aliphatic carbocycles. The van der Waals surface area contributed by atoms with E-state index in [1.165, 1.54) is 13.8 Å². The lowest BCUT2D eigenvalue weighted by Crippen LogP contribution is -2.62. The molecule has 0 aromatic rings. The second-order valence-corrected chi connectivity index (χ2v) is 8.32. The van der Waals surface area contributed by atoms with Crippen LogP contribution in [0, 0.1) is 11.8 Å². The van der Waals surface area contributed by atoms with Gasteiger partial charge in [0.1, 0.15) is 17.6 Å². The summed E-state index contributed by atoms with van der Waals surface area (Å²) < 4.78 is 0. The number of rotatable bonds is 12. The molecule has 3 amide bonds. The molecule has 0 aromatic heterocycles. The molecule has 0 unspecified atom stereocenters. The molecule has 0 radical (unpaired) electrons. The van der Waals surface area contributed by atoms with Crippen LogP contribution in [0.1, 0.15) is 54.4 Å². The molecule has 10 nitrogen and oxygen atoms in total. The molecule has 10 heteroatoms. The van der Waals surface area contributed by atoms with Gasteiger partial charge in [-0.05, 0) is 32.1 Å². The van der Waals surface area contributed by atoms with Gasteiger partial charge >= 0.3 is 5.97 Å². The Kier molecular flexibility index (Phi) is 10.8. The van der Waals surface area contributed by atoms with E-state index in [1.54, 1.807) is 6.92 Å². The van der Waals surface area contributed by atoms with Crippen molar-refractivity contribution in [3.63, 3.8) is 0 Å². The van der Waals surface area contributed by atoms with Gasteiger partial charge in [-0.25, -0.2) is 4.79 Å². The van der Waals surface area contributed by atoms with Crippen LogP contribution in [-0.4, -0.2) is 59.0 Å². The fourth-order valence-electron chi connectivity index (χ4n) is 2.54. The van der Waals surface area contributed by atoms with Crippen LogP contribution in [0.15, 0.2) is 0 Å². The Hall–Kier alpha value is -2.20. The van der Waals surface area contributed by atoms with Crippen LogP contribution in [0.2, 0.25) is 0 Å². The molecule has 0 saturated heterocycles. The first-order valence-electron chi connectivity index (χ1n) is 9.88. The van der Waals surface area contributed by atoms with Crippen LogP contribution < -0.4 is 27.4 Å². The van der Waals surface area contributed by atoms with Gasteiger partial charge in [-0.1, -0.05) is 34.1 Å². The lowest BCUT2D eigenvalue weighted by molar-refractivity contribution is -0.144. The van der Waals surface area contributed by atoms with Crippen molar-refractivity contribution in [3.8, 4) is 0 Å². The molecule has 0 aliphatic heterocycles. The number of carbonyl (C=O) groups is 4. The first kappa shape index (κ1) is 26.8. The number of amides is 3. The minimum atomic E-state index is -1.34. The highest BCUT2D eigenvalue weighted by Gasteiger charge is 2.35. The van der Waals surface area contributed by atoms with E-state index in [9.17, 15) is 24.3 Å². The number of nitrogens with two attached hydrogens (primary N) is 2. The summed E-state index contributed by atoms with van der Waals surface area (Å²) in [5, 5.41) is 17.1. The molecule has 0 fully saturated rings. The van der Waals surface area contributed by atoms with Crippen LogP contribution in [0.4, 0.5) is 0 Å². The van der Waals surface area contributed by atoms with Crippen LogP contribution in [0.3, 0.4) is 0 Å². The Morgan fingerprint density at radius 2 is 1.59 bits per heavy atom. The zero-order chi connectivity index (χ0) is 22.9. The van der Waals surface area contributed by atoms with E-state index in [2.05, 4.69) is 16.0 Å². The van der Waals surface area contributed by atoms with E-state index >= 15 is 0 Å². The molecule has 168 valence electrons. The van der Waals surface area contributed by atoms with Gasteiger partial charge in [-0.3, -0.25) is 14.4 Å². The monoisotopic (exact) mass is 415 g/mol. The van der Waals surface area contributed by atoms with Crippen molar-refractivity contribution in [2.45, 2.75) is 78.0 Å². The summed E-state index contributed by atoms with van der Waals surface area (Å²) in [6.07, 6.45) is 0.871. The number of hydrogen-bond donors (Lipinski definition) is 6. The molecule has 0 spiro atoms. The number of carboxylic acid groups (broad SMARTS) is 1.